The highest BCUT2D eigenvalue weighted by atomic mass is 127. The van der Waals surface area contributed by atoms with Gasteiger partial charge in [0.1, 0.15) is 46.9 Å². The molecule has 2 aromatic carbocycles. The van der Waals surface area contributed by atoms with Gasteiger partial charge in [0.05, 0.1) is 12.7 Å². The van der Waals surface area contributed by atoms with Gasteiger partial charge in [-0.05, 0) is 93.4 Å². The summed E-state index contributed by atoms with van der Waals surface area (Å²) < 4.78 is 77.1. The Kier molecular flexibility index (Phi) is 19.2. The first-order valence-electron chi connectivity index (χ1n) is 27.8. The van der Waals surface area contributed by atoms with E-state index in [2.05, 4.69) is 58.3 Å². The molecule has 6 aliphatic rings. The van der Waals surface area contributed by atoms with Crippen molar-refractivity contribution in [1.82, 2.24) is 59.5 Å². The molecule has 26 nitrogen and oxygen atoms in total. The van der Waals surface area contributed by atoms with Crippen LogP contribution in [0.1, 0.15) is 82.5 Å². The summed E-state index contributed by atoms with van der Waals surface area (Å²) in [4.78, 5) is 77.2. The van der Waals surface area contributed by atoms with Crippen LogP contribution in [0.2, 0.25) is 0 Å². The highest BCUT2D eigenvalue weighted by molar-refractivity contribution is 14.1. The smallest absolute Gasteiger partial charge is 0.410 e. The van der Waals surface area contributed by atoms with Crippen molar-refractivity contribution in [3.63, 3.8) is 0 Å². The minimum absolute atomic E-state index is 0.000326. The van der Waals surface area contributed by atoms with E-state index in [4.69, 9.17) is 36.8 Å². The Morgan fingerprint density at radius 2 is 1.06 bits per heavy atom. The Hall–Kier alpha value is -8.05. The van der Waals surface area contributed by atoms with E-state index in [1.165, 1.54) is 38.8 Å². The molecule has 0 spiro atoms. The number of nitrogens with two attached hydrogens (primary N) is 2. The lowest BCUT2D eigenvalue weighted by molar-refractivity contribution is -0.138. The van der Waals surface area contributed by atoms with Crippen LogP contribution in [0, 0.1) is 63.1 Å². The number of terminal acetylenes is 1. The second kappa shape index (κ2) is 26.9. The first-order chi connectivity index (χ1) is 41.7. The van der Waals surface area contributed by atoms with E-state index in [1.54, 1.807) is 4.90 Å². The third-order valence-electron chi connectivity index (χ3n) is 15.2. The van der Waals surface area contributed by atoms with Gasteiger partial charge in [0.15, 0.2) is 74.7 Å². The minimum atomic E-state index is -1.45. The number of hydrogen-bond acceptors (Lipinski definition) is 20. The van der Waals surface area contributed by atoms with Crippen LogP contribution in [-0.2, 0) is 19.1 Å². The van der Waals surface area contributed by atoms with Crippen LogP contribution < -0.4 is 31.6 Å². The molecule has 8 heterocycles. The normalized spacial score (nSPS) is 23.8. The average molecular weight is 1320 g/mol. The fourth-order valence-electron chi connectivity index (χ4n) is 10.0. The van der Waals surface area contributed by atoms with Crippen molar-refractivity contribution in [2.45, 2.75) is 125 Å². The third kappa shape index (κ3) is 14.7. The lowest BCUT2D eigenvalue weighted by Crippen LogP contribution is -2.43. The summed E-state index contributed by atoms with van der Waals surface area (Å²) in [6.07, 6.45) is 4.53. The topological polar surface area (TPSA) is 356 Å². The van der Waals surface area contributed by atoms with Crippen molar-refractivity contribution in [1.29, 1.82) is 0 Å². The second-order valence-corrected chi connectivity index (χ2v) is 22.5. The monoisotopic (exact) mass is 1320 g/mol. The maximum absolute atomic E-state index is 13.4. The van der Waals surface area contributed by atoms with Crippen LogP contribution >= 0.6 is 22.6 Å². The number of aliphatic hydroxyl groups is 4. The third-order valence-corrected chi connectivity index (χ3v) is 15.7. The number of anilines is 2. The number of rotatable bonds is 10. The fourth-order valence-corrected chi connectivity index (χ4v) is 10.5. The van der Waals surface area contributed by atoms with Gasteiger partial charge >= 0.3 is 12.2 Å². The van der Waals surface area contributed by atoms with Crippen LogP contribution in [-0.4, -0.2) is 168 Å². The maximum atomic E-state index is 13.4. The lowest BCUT2D eigenvalue weighted by atomic mass is 9.94. The molecule has 2 aliphatic carbocycles. The number of nitrogens with zero attached hydrogens (tertiary/aromatic N) is 10. The predicted molar refractivity (Wildman–Crippen MR) is 305 cm³/mol. The molecule has 6 aromatic rings. The van der Waals surface area contributed by atoms with Crippen molar-refractivity contribution in [3.8, 4) is 35.7 Å². The van der Waals surface area contributed by atoms with Gasteiger partial charge in [0.2, 0.25) is 5.82 Å². The SMILES string of the molecule is C#CCC1CCN(C(=O)Oc2ccc(F)c(F)c2)CC1.Nc1nc(C#CCC2CCN(C(=O)Oc3ccc(F)c(F)c3)CC2)nc2c1ncn2[C@@H]1O[C@H](C(=O)NC2CC2)[C@H](O)C1O.Nc1nc(I)nc2c1ncn2[C@@H]1O[C@H](C(=O)NC2CC2)[C@H](O)C1O. The van der Waals surface area contributed by atoms with Gasteiger partial charge in [-0.25, -0.2) is 57.1 Å². The Balaban J connectivity index is 0.000000160. The number of nitrogen functional groups attached to an aromatic ring is 2. The summed E-state index contributed by atoms with van der Waals surface area (Å²) in [6.45, 7) is 1.96. The summed E-state index contributed by atoms with van der Waals surface area (Å²) in [7, 11) is 0. The average Bonchev–Trinajstić information content (AvgIpc) is 1.76. The molecule has 4 saturated heterocycles. The van der Waals surface area contributed by atoms with Gasteiger partial charge in [-0.1, -0.05) is 5.92 Å². The molecule has 8 atom stereocenters. The Morgan fingerprint density at radius 1 is 0.621 bits per heavy atom. The standard InChI is InChI=1S/C28H29F2N7O6.C15H15F2NO2.C13H15IN6O4/c29-17-7-6-16(12-18(17)30)42-28(41)36-10-8-14(9-11-36)2-1-3-19-34-24(31)20-25(35-19)37(13-32-20)27-22(39)21(38)23(43-27)26(40)33-15-4-5-15;1-2-3-11-6-8-18(9-7-11)15(19)20-12-4-5-13(16)14(17)10-12;14-13-18-9(15)5-10(19-13)20(3-16-5)12-7(22)6(21)8(24-12)11(23)17-4-1-2-4/h6-7,12-15,21-23,27,38-39H,2,4-5,8-11H2,(H,33,40)(H2,31,34,35);1,4-5,10-11H,3,6-9H2;3-4,6-8,12,21-22H,1-2H2,(H,17,23)(H2,15,18,19)/t21-,22?,23+,27-;;6-,7?,8+,12-/m1.1/s1. The summed E-state index contributed by atoms with van der Waals surface area (Å²) in [5.74, 6) is 4.48. The van der Waals surface area contributed by atoms with Gasteiger partial charge < -0.3 is 71.3 Å². The van der Waals surface area contributed by atoms with Gasteiger partial charge in [-0.15, -0.1) is 12.3 Å². The largest absolute Gasteiger partial charge is 0.415 e. The quantitative estimate of drug-likeness (QED) is 0.0422. The first kappa shape index (κ1) is 62.0. The van der Waals surface area contributed by atoms with Crippen molar-refractivity contribution in [2.24, 2.45) is 11.8 Å². The molecule has 31 heteroatoms. The molecule has 0 bridgehead atoms. The van der Waals surface area contributed by atoms with Crippen molar-refractivity contribution in [3.05, 3.63) is 82.0 Å². The van der Waals surface area contributed by atoms with Crippen molar-refractivity contribution < 1.29 is 76.1 Å². The molecular formula is C56H59F4IN14O12. The van der Waals surface area contributed by atoms with Gasteiger partial charge in [0, 0.05) is 85.8 Å². The number of halogens is 5. The molecule has 4 amide bonds. The number of hydrogen-bond donors (Lipinski definition) is 8. The summed E-state index contributed by atoms with van der Waals surface area (Å²) >= 11 is 1.91. The molecular weight excluding hydrogens is 1260 g/mol. The summed E-state index contributed by atoms with van der Waals surface area (Å²) in [5.41, 5.74) is 13.1. The Labute approximate surface area is 506 Å². The molecule has 2 unspecified atom stereocenters. The number of nitrogens with one attached hydrogen (secondary N) is 2. The van der Waals surface area contributed by atoms with E-state index in [0.29, 0.717) is 72.8 Å². The molecule has 4 aliphatic heterocycles. The summed E-state index contributed by atoms with van der Waals surface area (Å²) in [5, 5.41) is 47.2. The molecule has 2 saturated carbocycles. The van der Waals surface area contributed by atoms with E-state index in [1.807, 2.05) is 22.6 Å². The highest BCUT2D eigenvalue weighted by Crippen LogP contribution is 2.35. The maximum Gasteiger partial charge on any atom is 0.415 e. The fraction of sp³-hybridized carbons (Fsp3) is 0.464. The zero-order valence-electron chi connectivity index (χ0n) is 46.1. The molecule has 12 rings (SSSR count). The number of carbonyl (C=O) groups is 4. The summed E-state index contributed by atoms with van der Waals surface area (Å²) in [6, 6.07) is 6.12. The zero-order chi connectivity index (χ0) is 61.8. The number of benzene rings is 2. The lowest BCUT2D eigenvalue weighted by Gasteiger charge is -2.30. The number of carbonyl (C=O) groups excluding carboxylic acids is 4. The molecule has 0 radical (unpaired) electrons. The molecule has 460 valence electrons. The zero-order valence-corrected chi connectivity index (χ0v) is 48.3. The van der Waals surface area contributed by atoms with E-state index in [9.17, 15) is 57.2 Å². The minimum Gasteiger partial charge on any atom is -0.410 e. The van der Waals surface area contributed by atoms with Gasteiger partial charge in [-0.2, -0.15) is 0 Å². The highest BCUT2D eigenvalue weighted by Gasteiger charge is 2.50. The number of amides is 4. The van der Waals surface area contributed by atoms with Crippen LogP contribution in [0.3, 0.4) is 0 Å². The van der Waals surface area contributed by atoms with Crippen LogP contribution in [0.4, 0.5) is 38.8 Å². The van der Waals surface area contributed by atoms with Crippen molar-refractivity contribution >= 4 is 80.6 Å². The number of ether oxygens (including phenoxy) is 4. The number of likely N-dealkylation sites (tertiary alicyclic amines) is 2. The number of piperidine rings is 2. The first-order valence-corrected chi connectivity index (χ1v) is 28.9. The molecule has 87 heavy (non-hydrogen) atoms. The van der Waals surface area contributed by atoms with Crippen LogP contribution in [0.15, 0.2) is 49.1 Å². The predicted octanol–water partition coefficient (Wildman–Crippen LogP) is 3.35. The molecule has 6 fully saturated rings. The van der Waals surface area contributed by atoms with E-state index in [0.717, 1.165) is 62.8 Å². The number of aromatic nitrogens is 8. The number of aliphatic hydroxyl groups excluding tert-OH is 4. The Morgan fingerprint density at radius 3 is 1.49 bits per heavy atom. The number of imidazole rings is 2. The van der Waals surface area contributed by atoms with E-state index in [-0.39, 0.29) is 58.1 Å². The van der Waals surface area contributed by atoms with Crippen LogP contribution in [0.25, 0.3) is 22.3 Å². The van der Waals surface area contributed by atoms with Gasteiger partial charge in [0.25, 0.3) is 11.8 Å². The second-order valence-electron chi connectivity index (χ2n) is 21.5. The molecule has 10 N–H and O–H groups in total. The van der Waals surface area contributed by atoms with E-state index < -0.39 is 96.3 Å². The van der Waals surface area contributed by atoms with E-state index >= 15 is 0 Å². The van der Waals surface area contributed by atoms with Gasteiger partial charge in [-0.3, -0.25) is 18.7 Å². The Bertz CT molecular complexity index is 3660. The van der Waals surface area contributed by atoms with Crippen molar-refractivity contribution in [2.75, 3.05) is 37.6 Å². The number of fused-ring (bicyclic) bond motifs is 2. The van der Waals surface area contributed by atoms with Crippen LogP contribution in [0.5, 0.6) is 11.5 Å². The molecule has 4 aromatic heterocycles.